The molecule has 37 heavy (non-hydrogen) atoms. The highest BCUT2D eigenvalue weighted by molar-refractivity contribution is 8.26. The minimum Gasteiger partial charge on any atom is -0.438 e. The van der Waals surface area contributed by atoms with Gasteiger partial charge in [-0.2, -0.15) is 4.98 Å². The fourth-order valence-electron chi connectivity index (χ4n) is 4.29. The molecule has 0 bridgehead atoms. The number of ether oxygens (including phenoxy) is 1. The van der Waals surface area contributed by atoms with Gasteiger partial charge in [-0.15, -0.1) is 0 Å². The molecule has 0 N–H and O–H groups in total. The van der Waals surface area contributed by atoms with E-state index < -0.39 is 0 Å². The Morgan fingerprint density at radius 2 is 1.89 bits per heavy atom. The Balaban J connectivity index is 1.73. The van der Waals surface area contributed by atoms with E-state index in [0.717, 1.165) is 30.4 Å². The molecule has 8 heteroatoms. The predicted octanol–water partition coefficient (Wildman–Crippen LogP) is 7.09. The number of aromatic nitrogens is 2. The van der Waals surface area contributed by atoms with Crippen molar-refractivity contribution in [2.45, 2.75) is 65.7 Å². The van der Waals surface area contributed by atoms with E-state index in [1.807, 2.05) is 31.2 Å². The molecule has 0 radical (unpaired) electrons. The van der Waals surface area contributed by atoms with Gasteiger partial charge in [0.1, 0.15) is 21.3 Å². The van der Waals surface area contributed by atoms with E-state index >= 15 is 0 Å². The zero-order valence-electron chi connectivity index (χ0n) is 21.8. The molecule has 0 atom stereocenters. The smallest absolute Gasteiger partial charge is 0.269 e. The minimum absolute atomic E-state index is 0.174. The number of fused-ring (bicyclic) bond motifs is 1. The van der Waals surface area contributed by atoms with Crippen molar-refractivity contribution in [3.8, 4) is 11.6 Å². The van der Waals surface area contributed by atoms with Gasteiger partial charge in [-0.1, -0.05) is 88.6 Å². The van der Waals surface area contributed by atoms with Gasteiger partial charge < -0.3 is 4.74 Å². The summed E-state index contributed by atoms with van der Waals surface area (Å²) < 4.78 is 8.32. The number of hydrogen-bond donors (Lipinski definition) is 0. The van der Waals surface area contributed by atoms with Gasteiger partial charge >= 0.3 is 0 Å². The first-order valence-corrected chi connectivity index (χ1v) is 14.1. The van der Waals surface area contributed by atoms with Crippen molar-refractivity contribution in [3.63, 3.8) is 0 Å². The number of benzene rings is 1. The average molecular weight is 536 g/mol. The van der Waals surface area contributed by atoms with E-state index in [0.29, 0.717) is 27.2 Å². The van der Waals surface area contributed by atoms with Crippen LogP contribution in [0.3, 0.4) is 0 Å². The third-order valence-corrected chi connectivity index (χ3v) is 7.74. The summed E-state index contributed by atoms with van der Waals surface area (Å²) in [5.41, 5.74) is 2.45. The van der Waals surface area contributed by atoms with Crippen molar-refractivity contribution >= 4 is 45.9 Å². The van der Waals surface area contributed by atoms with Crippen LogP contribution in [0.1, 0.15) is 75.5 Å². The van der Waals surface area contributed by atoms with Crippen LogP contribution >= 0.6 is 24.0 Å². The number of aryl methyl sites for hydroxylation is 1. The average Bonchev–Trinajstić information content (AvgIpc) is 3.13. The number of nitrogens with zero attached hydrogens (tertiary/aromatic N) is 3. The van der Waals surface area contributed by atoms with Crippen molar-refractivity contribution in [2.75, 3.05) is 6.54 Å². The van der Waals surface area contributed by atoms with E-state index in [4.69, 9.17) is 17.0 Å². The van der Waals surface area contributed by atoms with Crippen molar-refractivity contribution in [3.05, 3.63) is 74.5 Å². The van der Waals surface area contributed by atoms with Crippen LogP contribution in [0.15, 0.2) is 52.3 Å². The zero-order chi connectivity index (χ0) is 26.5. The van der Waals surface area contributed by atoms with Crippen LogP contribution in [0.5, 0.6) is 11.6 Å². The maximum Gasteiger partial charge on any atom is 0.269 e. The molecule has 0 spiro atoms. The summed E-state index contributed by atoms with van der Waals surface area (Å²) in [6, 6.07) is 11.4. The van der Waals surface area contributed by atoms with E-state index in [2.05, 4.69) is 25.8 Å². The SMILES string of the molecule is CCCCCCCN1C(=O)/C(=C\c2c(Oc3cc(C)ccc3C(C)C)nc3ccccn3c2=O)SC1=S. The normalized spacial score (nSPS) is 14.9. The first kappa shape index (κ1) is 27.1. The third kappa shape index (κ3) is 6.13. The fourth-order valence-corrected chi connectivity index (χ4v) is 5.58. The minimum atomic E-state index is -0.302. The van der Waals surface area contributed by atoms with E-state index in [9.17, 15) is 9.59 Å². The van der Waals surface area contributed by atoms with Crippen LogP contribution in [-0.4, -0.2) is 31.1 Å². The Hall–Kier alpha value is -2.97. The molecular formula is C29H33N3O3S2. The monoisotopic (exact) mass is 535 g/mol. The summed E-state index contributed by atoms with van der Waals surface area (Å²) in [6.07, 6.45) is 8.74. The molecule has 1 amide bonds. The second-order valence-corrected chi connectivity index (χ2v) is 11.3. The highest BCUT2D eigenvalue weighted by Crippen LogP contribution is 2.36. The summed E-state index contributed by atoms with van der Waals surface area (Å²) in [5.74, 6) is 0.867. The number of hydrogen-bond acceptors (Lipinski definition) is 6. The predicted molar refractivity (Wildman–Crippen MR) is 155 cm³/mol. The number of carbonyl (C=O) groups excluding carboxylic acids is 1. The number of carbonyl (C=O) groups is 1. The van der Waals surface area contributed by atoms with E-state index in [-0.39, 0.29) is 28.8 Å². The lowest BCUT2D eigenvalue weighted by Crippen LogP contribution is -2.29. The van der Waals surface area contributed by atoms with Gasteiger partial charge in [-0.25, -0.2) is 0 Å². The number of pyridine rings is 1. The quantitative estimate of drug-likeness (QED) is 0.157. The number of rotatable bonds is 10. The van der Waals surface area contributed by atoms with Gasteiger partial charge in [0.15, 0.2) is 0 Å². The molecule has 0 saturated carbocycles. The summed E-state index contributed by atoms with van der Waals surface area (Å²) in [7, 11) is 0. The lowest BCUT2D eigenvalue weighted by molar-refractivity contribution is -0.122. The maximum absolute atomic E-state index is 13.6. The van der Waals surface area contributed by atoms with Gasteiger partial charge in [0, 0.05) is 12.7 Å². The Morgan fingerprint density at radius 1 is 1.11 bits per heavy atom. The molecule has 1 aliphatic heterocycles. The summed E-state index contributed by atoms with van der Waals surface area (Å²) in [6.45, 7) is 8.94. The molecule has 3 aromatic rings. The van der Waals surface area contributed by atoms with E-state index in [1.54, 1.807) is 29.3 Å². The van der Waals surface area contributed by atoms with Crippen LogP contribution < -0.4 is 10.3 Å². The molecular weight excluding hydrogens is 502 g/mol. The standard InChI is InChI=1S/C29H33N3O3S2/c1-5-6-7-8-10-16-32-28(34)24(37-29(32)36)18-22-26(30-25-12-9-11-15-31(25)27(22)33)35-23-17-20(4)13-14-21(23)19(2)3/h9,11-15,17-19H,5-8,10,16H2,1-4H3/b24-18+. The first-order chi connectivity index (χ1) is 17.8. The Kier molecular flexibility index (Phi) is 8.82. The maximum atomic E-state index is 13.6. The van der Waals surface area contributed by atoms with Gasteiger partial charge in [-0.3, -0.25) is 18.9 Å². The van der Waals surface area contributed by atoms with Gasteiger partial charge in [0.05, 0.1) is 4.91 Å². The van der Waals surface area contributed by atoms with Crippen molar-refractivity contribution in [1.29, 1.82) is 0 Å². The van der Waals surface area contributed by atoms with E-state index in [1.165, 1.54) is 29.0 Å². The van der Waals surface area contributed by atoms with Gasteiger partial charge in [-0.05, 0) is 54.7 Å². The van der Waals surface area contributed by atoms with Crippen LogP contribution in [0.4, 0.5) is 0 Å². The second kappa shape index (κ2) is 12.0. The number of unbranched alkanes of at least 4 members (excludes halogenated alkanes) is 4. The highest BCUT2D eigenvalue weighted by atomic mass is 32.2. The molecule has 1 aliphatic rings. The summed E-state index contributed by atoms with van der Waals surface area (Å²) in [4.78, 5) is 33.6. The number of thiocarbonyl (C=S) groups is 1. The molecule has 194 valence electrons. The lowest BCUT2D eigenvalue weighted by Gasteiger charge is -2.16. The summed E-state index contributed by atoms with van der Waals surface area (Å²) >= 11 is 6.74. The topological polar surface area (TPSA) is 63.9 Å². The van der Waals surface area contributed by atoms with Crippen molar-refractivity contribution in [1.82, 2.24) is 14.3 Å². The van der Waals surface area contributed by atoms with Crippen LogP contribution in [0.25, 0.3) is 11.7 Å². The molecule has 6 nitrogen and oxygen atoms in total. The number of thioether (sulfide) groups is 1. The Bertz CT molecular complexity index is 1410. The van der Waals surface area contributed by atoms with Crippen LogP contribution in [0.2, 0.25) is 0 Å². The number of amides is 1. The molecule has 3 heterocycles. The molecule has 1 fully saturated rings. The van der Waals surface area contributed by atoms with Crippen molar-refractivity contribution in [2.24, 2.45) is 0 Å². The third-order valence-electron chi connectivity index (χ3n) is 6.37. The van der Waals surface area contributed by atoms with Crippen LogP contribution in [0, 0.1) is 6.92 Å². The molecule has 2 aromatic heterocycles. The molecule has 4 rings (SSSR count). The van der Waals surface area contributed by atoms with Crippen molar-refractivity contribution < 1.29 is 9.53 Å². The van der Waals surface area contributed by atoms with Gasteiger partial charge in [0.25, 0.3) is 11.5 Å². The molecule has 0 aliphatic carbocycles. The Morgan fingerprint density at radius 3 is 2.65 bits per heavy atom. The van der Waals surface area contributed by atoms with Crippen LogP contribution in [-0.2, 0) is 4.79 Å². The summed E-state index contributed by atoms with van der Waals surface area (Å²) in [5, 5.41) is 0. The fraction of sp³-hybridized carbons (Fsp3) is 0.379. The molecule has 1 aromatic carbocycles. The second-order valence-electron chi connectivity index (χ2n) is 9.61. The lowest BCUT2D eigenvalue weighted by atomic mass is 10.0. The Labute approximate surface area is 227 Å². The zero-order valence-corrected chi connectivity index (χ0v) is 23.5. The highest BCUT2D eigenvalue weighted by Gasteiger charge is 2.32. The molecule has 0 unspecified atom stereocenters. The molecule has 1 saturated heterocycles. The van der Waals surface area contributed by atoms with Gasteiger partial charge in [0.2, 0.25) is 5.88 Å². The first-order valence-electron chi connectivity index (χ1n) is 12.8. The largest absolute Gasteiger partial charge is 0.438 e.